The Labute approximate surface area is 67.9 Å². The van der Waals surface area contributed by atoms with Crippen molar-refractivity contribution < 1.29 is 9.53 Å². The Bertz CT molecular complexity index is 124. The summed E-state index contributed by atoms with van der Waals surface area (Å²) in [5.74, 6) is 0.712. The number of carbonyl (C=O) groups excluding carboxylic acids is 1. The van der Waals surface area contributed by atoms with Crippen molar-refractivity contribution in [1.82, 2.24) is 0 Å². The molecule has 0 saturated carbocycles. The zero-order valence-corrected chi connectivity index (χ0v) is 7.25. The molecule has 3 unspecified atom stereocenters. The van der Waals surface area contributed by atoms with Gasteiger partial charge in [-0.05, 0) is 25.7 Å². The van der Waals surface area contributed by atoms with E-state index in [4.69, 9.17) is 4.74 Å². The molecule has 1 rings (SSSR count). The van der Waals surface area contributed by atoms with E-state index in [-0.39, 0.29) is 6.10 Å². The van der Waals surface area contributed by atoms with Gasteiger partial charge in [0.15, 0.2) is 0 Å². The third kappa shape index (κ3) is 2.62. The lowest BCUT2D eigenvalue weighted by atomic mass is 9.93. The van der Waals surface area contributed by atoms with Gasteiger partial charge in [0.2, 0.25) is 0 Å². The molecule has 0 aromatic carbocycles. The topological polar surface area (TPSA) is 26.3 Å². The third-order valence-corrected chi connectivity index (χ3v) is 2.18. The van der Waals surface area contributed by atoms with Crippen LogP contribution in [0.5, 0.6) is 0 Å². The number of carbonyl (C=O) groups is 1. The largest absolute Gasteiger partial charge is 0.375 e. The van der Waals surface area contributed by atoms with Gasteiger partial charge in [0.1, 0.15) is 6.29 Å². The molecule has 0 radical (unpaired) electrons. The maximum absolute atomic E-state index is 10.2. The number of hydrogen-bond donors (Lipinski definition) is 0. The van der Waals surface area contributed by atoms with E-state index >= 15 is 0 Å². The van der Waals surface area contributed by atoms with Crippen molar-refractivity contribution in [2.75, 3.05) is 0 Å². The summed E-state index contributed by atoms with van der Waals surface area (Å²) in [5, 5.41) is 0. The first-order chi connectivity index (χ1) is 5.22. The Morgan fingerprint density at radius 2 is 2.18 bits per heavy atom. The second kappa shape index (κ2) is 3.86. The first-order valence-corrected chi connectivity index (χ1v) is 4.31. The van der Waals surface area contributed by atoms with E-state index in [0.29, 0.717) is 18.4 Å². The Balaban J connectivity index is 2.36. The van der Waals surface area contributed by atoms with Crippen LogP contribution in [0.3, 0.4) is 0 Å². The van der Waals surface area contributed by atoms with Crippen molar-refractivity contribution in [2.45, 2.75) is 45.3 Å². The lowest BCUT2D eigenvalue weighted by Crippen LogP contribution is -2.30. The molecule has 1 saturated heterocycles. The molecule has 3 atom stereocenters. The minimum atomic E-state index is 0.186. The normalized spacial score (nSPS) is 38.5. The number of hydrogen-bond acceptors (Lipinski definition) is 2. The van der Waals surface area contributed by atoms with Gasteiger partial charge in [-0.1, -0.05) is 6.92 Å². The zero-order chi connectivity index (χ0) is 8.27. The van der Waals surface area contributed by atoms with Crippen LogP contribution in [0.2, 0.25) is 0 Å². The van der Waals surface area contributed by atoms with Crippen molar-refractivity contribution in [3.63, 3.8) is 0 Å². The van der Waals surface area contributed by atoms with Gasteiger partial charge in [0.05, 0.1) is 12.2 Å². The zero-order valence-electron chi connectivity index (χ0n) is 7.25. The van der Waals surface area contributed by atoms with Crippen LogP contribution in [0.1, 0.15) is 33.1 Å². The van der Waals surface area contributed by atoms with Crippen molar-refractivity contribution in [2.24, 2.45) is 5.92 Å². The molecule has 0 N–H and O–H groups in total. The second-order valence-electron chi connectivity index (χ2n) is 3.55. The molecule has 0 bridgehead atoms. The minimum absolute atomic E-state index is 0.186. The Morgan fingerprint density at radius 1 is 1.45 bits per heavy atom. The SMILES string of the molecule is CC1CC(C)OC(CC=O)C1. The molecular weight excluding hydrogens is 140 g/mol. The van der Waals surface area contributed by atoms with Crippen LogP contribution in [0.4, 0.5) is 0 Å². The first-order valence-electron chi connectivity index (χ1n) is 4.31. The summed E-state index contributed by atoms with van der Waals surface area (Å²) in [6.45, 7) is 4.30. The molecule has 64 valence electrons. The molecule has 1 fully saturated rings. The van der Waals surface area contributed by atoms with Crippen LogP contribution >= 0.6 is 0 Å². The van der Waals surface area contributed by atoms with Gasteiger partial charge >= 0.3 is 0 Å². The van der Waals surface area contributed by atoms with E-state index in [1.807, 2.05) is 0 Å². The Morgan fingerprint density at radius 3 is 2.73 bits per heavy atom. The first kappa shape index (κ1) is 8.72. The van der Waals surface area contributed by atoms with Crippen LogP contribution in [0.25, 0.3) is 0 Å². The lowest BCUT2D eigenvalue weighted by Gasteiger charge is -2.31. The summed E-state index contributed by atoms with van der Waals surface area (Å²) < 4.78 is 5.57. The van der Waals surface area contributed by atoms with E-state index in [9.17, 15) is 4.79 Å². The highest BCUT2D eigenvalue weighted by atomic mass is 16.5. The molecule has 0 spiro atoms. The fraction of sp³-hybridized carbons (Fsp3) is 0.889. The van der Waals surface area contributed by atoms with E-state index in [1.54, 1.807) is 0 Å². The maximum Gasteiger partial charge on any atom is 0.122 e. The Hall–Kier alpha value is -0.370. The number of aldehydes is 1. The Kier molecular flexibility index (Phi) is 3.06. The van der Waals surface area contributed by atoms with Gasteiger partial charge in [-0.2, -0.15) is 0 Å². The predicted octanol–water partition coefficient (Wildman–Crippen LogP) is 1.78. The van der Waals surface area contributed by atoms with Crippen molar-refractivity contribution in [1.29, 1.82) is 0 Å². The summed E-state index contributed by atoms with van der Waals surface area (Å²) in [4.78, 5) is 10.2. The average molecular weight is 156 g/mol. The van der Waals surface area contributed by atoms with E-state index < -0.39 is 0 Å². The molecule has 2 nitrogen and oxygen atoms in total. The summed E-state index contributed by atoms with van der Waals surface area (Å²) in [5.41, 5.74) is 0. The predicted molar refractivity (Wildman–Crippen MR) is 43.4 cm³/mol. The van der Waals surface area contributed by atoms with Crippen molar-refractivity contribution in [3.05, 3.63) is 0 Å². The van der Waals surface area contributed by atoms with Gasteiger partial charge in [-0.25, -0.2) is 0 Å². The molecule has 0 amide bonds. The standard InChI is InChI=1S/C9H16O2/c1-7-5-8(2)11-9(6-7)3-4-10/h4,7-9H,3,5-6H2,1-2H3. The smallest absolute Gasteiger partial charge is 0.122 e. The van der Waals surface area contributed by atoms with Crippen LogP contribution in [0, 0.1) is 5.92 Å². The van der Waals surface area contributed by atoms with Crippen molar-refractivity contribution >= 4 is 6.29 Å². The molecule has 1 aliphatic heterocycles. The molecule has 0 aromatic rings. The van der Waals surface area contributed by atoms with Gasteiger partial charge in [-0.15, -0.1) is 0 Å². The minimum Gasteiger partial charge on any atom is -0.375 e. The summed E-state index contributed by atoms with van der Waals surface area (Å²) in [7, 11) is 0. The van der Waals surface area contributed by atoms with Crippen LogP contribution in [-0.4, -0.2) is 18.5 Å². The molecule has 1 heterocycles. The molecule has 2 heteroatoms. The fourth-order valence-electron chi connectivity index (χ4n) is 1.81. The quantitative estimate of drug-likeness (QED) is 0.570. The average Bonchev–Trinajstić information content (AvgIpc) is 1.85. The summed E-state index contributed by atoms with van der Waals surface area (Å²) in [6.07, 6.45) is 4.22. The molecule has 11 heavy (non-hydrogen) atoms. The van der Waals surface area contributed by atoms with Crippen LogP contribution in [-0.2, 0) is 9.53 Å². The highest BCUT2D eigenvalue weighted by Gasteiger charge is 2.23. The monoisotopic (exact) mass is 156 g/mol. The summed E-state index contributed by atoms with van der Waals surface area (Å²) >= 11 is 0. The fourth-order valence-corrected chi connectivity index (χ4v) is 1.81. The van der Waals surface area contributed by atoms with Crippen LogP contribution < -0.4 is 0 Å². The van der Waals surface area contributed by atoms with Gasteiger partial charge in [0, 0.05) is 6.42 Å². The maximum atomic E-state index is 10.2. The lowest BCUT2D eigenvalue weighted by molar-refractivity contribution is -0.114. The molecule has 0 aromatic heterocycles. The third-order valence-electron chi connectivity index (χ3n) is 2.18. The van der Waals surface area contributed by atoms with E-state index in [1.165, 1.54) is 0 Å². The molecule has 0 aliphatic carbocycles. The van der Waals surface area contributed by atoms with Gasteiger partial charge in [0.25, 0.3) is 0 Å². The van der Waals surface area contributed by atoms with Crippen LogP contribution in [0.15, 0.2) is 0 Å². The second-order valence-corrected chi connectivity index (χ2v) is 3.55. The van der Waals surface area contributed by atoms with Gasteiger partial charge < -0.3 is 9.53 Å². The van der Waals surface area contributed by atoms with Crippen molar-refractivity contribution in [3.8, 4) is 0 Å². The highest BCUT2D eigenvalue weighted by molar-refractivity contribution is 5.50. The molecule has 1 aliphatic rings. The number of rotatable bonds is 2. The van der Waals surface area contributed by atoms with E-state index in [2.05, 4.69) is 13.8 Å². The van der Waals surface area contributed by atoms with E-state index in [0.717, 1.165) is 19.1 Å². The molecular formula is C9H16O2. The number of ether oxygens (including phenoxy) is 1. The summed E-state index contributed by atoms with van der Waals surface area (Å²) in [6, 6.07) is 0. The highest BCUT2D eigenvalue weighted by Crippen LogP contribution is 2.25. The van der Waals surface area contributed by atoms with Gasteiger partial charge in [-0.3, -0.25) is 0 Å².